The topological polar surface area (TPSA) is 0 Å². The minimum Gasteiger partial charge on any atom is -0.166 e. The van der Waals surface area contributed by atoms with E-state index in [2.05, 4.69) is 0 Å². The summed E-state index contributed by atoms with van der Waals surface area (Å²) in [6, 6.07) is 17.4. The van der Waals surface area contributed by atoms with Crippen molar-refractivity contribution in [1.29, 1.82) is 0 Å². The molecule has 0 radical (unpaired) electrons. The summed E-state index contributed by atoms with van der Waals surface area (Å²) in [6.45, 7) is 0. The number of rotatable bonds is 2. The summed E-state index contributed by atoms with van der Waals surface area (Å²) in [5.74, 6) is 0. The van der Waals surface area contributed by atoms with Gasteiger partial charge in [-0.05, 0) is 34.4 Å². The van der Waals surface area contributed by atoms with Crippen LogP contribution in [0.2, 0.25) is 0 Å². The van der Waals surface area contributed by atoms with Crippen molar-refractivity contribution in [3.63, 3.8) is 0 Å². The Bertz CT molecular complexity index is 908. The van der Waals surface area contributed by atoms with Crippen LogP contribution in [0.1, 0.15) is 11.1 Å². The van der Waals surface area contributed by atoms with Crippen LogP contribution in [0.15, 0.2) is 72.8 Å². The summed E-state index contributed by atoms with van der Waals surface area (Å²) in [5, 5.41) is 0. The molecule has 0 aliphatic carbocycles. The van der Waals surface area contributed by atoms with E-state index in [-0.39, 0.29) is 5.56 Å². The molecule has 0 N–H and O–H groups in total. The van der Waals surface area contributed by atoms with Gasteiger partial charge in [-0.25, -0.2) is 0 Å². The second kappa shape index (κ2) is 6.52. The zero-order valence-electron chi connectivity index (χ0n) is 13.2. The van der Waals surface area contributed by atoms with E-state index in [1.807, 2.05) is 0 Å². The third kappa shape index (κ3) is 3.59. The molecule has 0 nitrogen and oxygen atoms in total. The lowest BCUT2D eigenvalue weighted by molar-refractivity contribution is -0.161. The predicted molar refractivity (Wildman–Crippen MR) is 87.3 cm³/mol. The van der Waals surface area contributed by atoms with Crippen molar-refractivity contribution < 1.29 is 26.3 Å². The number of benzene rings is 3. The van der Waals surface area contributed by atoms with E-state index >= 15 is 0 Å². The molecule has 0 fully saturated rings. The molecule has 0 atom stereocenters. The number of halogens is 6. The molecule has 3 rings (SSSR count). The molecule has 26 heavy (non-hydrogen) atoms. The molecule has 0 aliphatic heterocycles. The first-order valence-corrected chi connectivity index (χ1v) is 7.61. The van der Waals surface area contributed by atoms with Crippen LogP contribution in [0.5, 0.6) is 0 Å². The van der Waals surface area contributed by atoms with Gasteiger partial charge in [-0.2, -0.15) is 26.3 Å². The average molecular weight is 366 g/mol. The van der Waals surface area contributed by atoms with Gasteiger partial charge >= 0.3 is 12.4 Å². The van der Waals surface area contributed by atoms with E-state index in [0.29, 0.717) is 11.6 Å². The van der Waals surface area contributed by atoms with E-state index < -0.39 is 29.0 Å². The zero-order valence-corrected chi connectivity index (χ0v) is 13.2. The molecule has 0 unspecified atom stereocenters. The Morgan fingerprint density at radius 3 is 1.69 bits per heavy atom. The molecule has 0 saturated heterocycles. The monoisotopic (exact) mass is 366 g/mol. The summed E-state index contributed by atoms with van der Waals surface area (Å²) < 4.78 is 79.7. The van der Waals surface area contributed by atoms with Gasteiger partial charge in [0, 0.05) is 0 Å². The Hall–Kier alpha value is -2.76. The lowest BCUT2D eigenvalue weighted by Crippen LogP contribution is -2.17. The molecular weight excluding hydrogens is 354 g/mol. The van der Waals surface area contributed by atoms with Crippen LogP contribution in [0.25, 0.3) is 22.3 Å². The summed E-state index contributed by atoms with van der Waals surface area (Å²) in [4.78, 5) is 0. The standard InChI is InChI=1S/C20H12F6/c21-19(22,23)17-11-5-10-16(18(17)20(24,25)26)15-9-4-8-14(12-15)13-6-2-1-3-7-13/h1-12H. The van der Waals surface area contributed by atoms with E-state index in [1.165, 1.54) is 18.2 Å². The van der Waals surface area contributed by atoms with E-state index in [1.54, 1.807) is 36.4 Å². The van der Waals surface area contributed by atoms with Crippen LogP contribution in [-0.2, 0) is 12.4 Å². The van der Waals surface area contributed by atoms with Crippen molar-refractivity contribution in [3.05, 3.63) is 83.9 Å². The van der Waals surface area contributed by atoms with E-state index in [9.17, 15) is 26.3 Å². The fourth-order valence-corrected chi connectivity index (χ4v) is 2.83. The molecule has 3 aromatic carbocycles. The summed E-state index contributed by atoms with van der Waals surface area (Å²) in [6.07, 6.45) is -10.2. The van der Waals surface area contributed by atoms with Gasteiger partial charge in [0.1, 0.15) is 0 Å². The highest BCUT2D eigenvalue weighted by atomic mass is 19.4. The largest absolute Gasteiger partial charge is 0.417 e. The van der Waals surface area contributed by atoms with E-state index in [4.69, 9.17) is 0 Å². The van der Waals surface area contributed by atoms with Gasteiger partial charge in [-0.1, -0.05) is 60.7 Å². The van der Waals surface area contributed by atoms with Gasteiger partial charge in [0.15, 0.2) is 0 Å². The normalized spacial score (nSPS) is 12.2. The molecule has 3 aromatic rings. The van der Waals surface area contributed by atoms with Crippen LogP contribution in [0.4, 0.5) is 26.3 Å². The zero-order chi connectivity index (χ0) is 18.9. The molecule has 0 heterocycles. The minimum atomic E-state index is -5.13. The molecule has 0 bridgehead atoms. The Morgan fingerprint density at radius 1 is 0.500 bits per heavy atom. The third-order valence-corrected chi connectivity index (χ3v) is 3.93. The van der Waals surface area contributed by atoms with Crippen molar-refractivity contribution in [2.45, 2.75) is 12.4 Å². The first kappa shape index (κ1) is 18.0. The van der Waals surface area contributed by atoms with E-state index in [0.717, 1.165) is 17.7 Å². The van der Waals surface area contributed by atoms with Crippen molar-refractivity contribution in [1.82, 2.24) is 0 Å². The SMILES string of the molecule is FC(F)(F)c1cccc(-c2cccc(-c3ccccc3)c2)c1C(F)(F)F. The lowest BCUT2D eigenvalue weighted by Gasteiger charge is -2.19. The minimum absolute atomic E-state index is 0.0739. The maximum Gasteiger partial charge on any atom is 0.417 e. The van der Waals surface area contributed by atoms with Crippen molar-refractivity contribution in [2.75, 3.05) is 0 Å². The highest BCUT2D eigenvalue weighted by Crippen LogP contribution is 2.45. The second-order valence-electron chi connectivity index (χ2n) is 5.67. The van der Waals surface area contributed by atoms with Crippen LogP contribution < -0.4 is 0 Å². The smallest absolute Gasteiger partial charge is 0.166 e. The maximum atomic E-state index is 13.4. The summed E-state index contributed by atoms with van der Waals surface area (Å²) in [5.41, 5.74) is -2.40. The maximum absolute atomic E-state index is 13.4. The third-order valence-electron chi connectivity index (χ3n) is 3.93. The van der Waals surface area contributed by atoms with Crippen LogP contribution in [-0.4, -0.2) is 0 Å². The molecule has 134 valence electrons. The molecule has 6 heteroatoms. The van der Waals surface area contributed by atoms with Gasteiger partial charge in [0.2, 0.25) is 0 Å². The van der Waals surface area contributed by atoms with Gasteiger partial charge in [-0.3, -0.25) is 0 Å². The average Bonchev–Trinajstić information content (AvgIpc) is 2.60. The fourth-order valence-electron chi connectivity index (χ4n) is 2.83. The van der Waals surface area contributed by atoms with Crippen molar-refractivity contribution in [2.24, 2.45) is 0 Å². The first-order chi connectivity index (χ1) is 12.2. The number of hydrogen-bond donors (Lipinski definition) is 0. The van der Waals surface area contributed by atoms with Gasteiger partial charge in [0.25, 0.3) is 0 Å². The molecule has 0 aromatic heterocycles. The van der Waals surface area contributed by atoms with Gasteiger partial charge in [-0.15, -0.1) is 0 Å². The number of hydrogen-bond acceptors (Lipinski definition) is 0. The molecule has 0 spiro atoms. The summed E-state index contributed by atoms with van der Waals surface area (Å²) >= 11 is 0. The molecular formula is C20H12F6. The lowest BCUT2D eigenvalue weighted by atomic mass is 9.92. The Morgan fingerprint density at radius 2 is 1.08 bits per heavy atom. The van der Waals surface area contributed by atoms with Crippen LogP contribution in [0, 0.1) is 0 Å². The van der Waals surface area contributed by atoms with Crippen LogP contribution >= 0.6 is 0 Å². The second-order valence-corrected chi connectivity index (χ2v) is 5.67. The van der Waals surface area contributed by atoms with Gasteiger partial charge in [0.05, 0.1) is 11.1 Å². The highest BCUT2D eigenvalue weighted by molar-refractivity contribution is 5.76. The predicted octanol–water partition coefficient (Wildman–Crippen LogP) is 7.06. The highest BCUT2D eigenvalue weighted by Gasteiger charge is 2.44. The van der Waals surface area contributed by atoms with Gasteiger partial charge < -0.3 is 0 Å². The summed E-state index contributed by atoms with van der Waals surface area (Å²) in [7, 11) is 0. The molecule has 0 aliphatic rings. The molecule has 0 amide bonds. The van der Waals surface area contributed by atoms with Crippen molar-refractivity contribution in [3.8, 4) is 22.3 Å². The first-order valence-electron chi connectivity index (χ1n) is 7.61. The fraction of sp³-hybridized carbons (Fsp3) is 0.100. The number of alkyl halides is 6. The Labute approximate surface area is 145 Å². The van der Waals surface area contributed by atoms with Crippen molar-refractivity contribution >= 4 is 0 Å². The quantitative estimate of drug-likeness (QED) is 0.426. The van der Waals surface area contributed by atoms with Crippen LogP contribution in [0.3, 0.4) is 0 Å². The Balaban J connectivity index is 2.22. The Kier molecular flexibility index (Phi) is 4.52. The molecule has 0 saturated carbocycles.